The van der Waals surface area contributed by atoms with Crippen molar-refractivity contribution in [1.29, 1.82) is 0 Å². The van der Waals surface area contributed by atoms with E-state index in [1.807, 2.05) is 0 Å². The average Bonchev–Trinajstić information content (AvgIpc) is 3.02. The molecule has 0 saturated carbocycles. The van der Waals surface area contributed by atoms with Crippen LogP contribution in [-0.2, 0) is 12.8 Å². The second-order valence-electron chi connectivity index (χ2n) is 6.13. The van der Waals surface area contributed by atoms with Gasteiger partial charge < -0.3 is 4.98 Å². The van der Waals surface area contributed by atoms with Crippen LogP contribution in [0.2, 0.25) is 0 Å². The molecule has 4 rings (SSSR count). The topological polar surface area (TPSA) is 15.8 Å². The summed E-state index contributed by atoms with van der Waals surface area (Å²) in [6.07, 6.45) is 7.11. The fraction of sp³-hybridized carbons (Fsp3) is 0.238. The molecule has 0 spiro atoms. The van der Waals surface area contributed by atoms with Gasteiger partial charge in [-0.15, -0.1) is 11.8 Å². The van der Waals surface area contributed by atoms with E-state index in [0.717, 1.165) is 0 Å². The van der Waals surface area contributed by atoms with Crippen LogP contribution in [0.3, 0.4) is 0 Å². The Kier molecular flexibility index (Phi) is 4.00. The third kappa shape index (κ3) is 2.72. The Morgan fingerprint density at radius 1 is 0.739 bits per heavy atom. The molecule has 0 saturated heterocycles. The lowest BCUT2D eigenvalue weighted by Gasteiger charge is -2.14. The van der Waals surface area contributed by atoms with Gasteiger partial charge in [0.1, 0.15) is 0 Å². The minimum absolute atomic E-state index is 1.19. The van der Waals surface area contributed by atoms with Crippen molar-refractivity contribution in [3.63, 3.8) is 0 Å². The summed E-state index contributed by atoms with van der Waals surface area (Å²) in [5.74, 6) is 0. The number of rotatable bonds is 3. The molecule has 0 unspecified atom stereocenters. The van der Waals surface area contributed by atoms with Crippen LogP contribution in [0.15, 0.2) is 59.5 Å². The summed E-state index contributed by atoms with van der Waals surface area (Å²) < 4.78 is 0. The highest BCUT2D eigenvalue weighted by Crippen LogP contribution is 2.38. The zero-order chi connectivity index (χ0) is 15.6. The van der Waals surface area contributed by atoms with E-state index >= 15 is 0 Å². The van der Waals surface area contributed by atoms with Gasteiger partial charge in [-0.1, -0.05) is 42.5 Å². The molecule has 0 radical (unpaired) electrons. The summed E-state index contributed by atoms with van der Waals surface area (Å²) in [6, 6.07) is 19.7. The molecule has 2 aromatic carbocycles. The summed E-state index contributed by atoms with van der Waals surface area (Å²) in [5, 5.41) is 0. The molecular formula is C21H21NS. The van der Waals surface area contributed by atoms with Gasteiger partial charge in [-0.3, -0.25) is 0 Å². The van der Waals surface area contributed by atoms with Gasteiger partial charge in [0.15, 0.2) is 0 Å². The first-order chi connectivity index (χ1) is 11.4. The largest absolute Gasteiger partial charge is 0.354 e. The van der Waals surface area contributed by atoms with Crippen molar-refractivity contribution in [3.8, 4) is 22.5 Å². The lowest BCUT2D eigenvalue weighted by molar-refractivity contribution is 0.692. The SMILES string of the molecule is CSc1ccc(-c2[nH]c(-c3ccccc3)c3c2CCCC3)cc1. The van der Waals surface area contributed by atoms with Crippen molar-refractivity contribution in [3.05, 3.63) is 65.7 Å². The quantitative estimate of drug-likeness (QED) is 0.590. The Balaban J connectivity index is 1.85. The highest BCUT2D eigenvalue weighted by Gasteiger charge is 2.21. The van der Waals surface area contributed by atoms with Crippen LogP contribution in [0.25, 0.3) is 22.5 Å². The van der Waals surface area contributed by atoms with Crippen molar-refractivity contribution in [2.45, 2.75) is 30.6 Å². The zero-order valence-corrected chi connectivity index (χ0v) is 14.2. The van der Waals surface area contributed by atoms with E-state index in [1.54, 1.807) is 11.8 Å². The molecule has 0 aliphatic heterocycles. The van der Waals surface area contributed by atoms with Crippen molar-refractivity contribution < 1.29 is 0 Å². The average molecular weight is 319 g/mol. The smallest absolute Gasteiger partial charge is 0.0494 e. The first kappa shape index (κ1) is 14.6. The van der Waals surface area contributed by atoms with Gasteiger partial charge in [0.25, 0.3) is 0 Å². The van der Waals surface area contributed by atoms with E-state index in [2.05, 4.69) is 65.8 Å². The molecule has 0 bridgehead atoms. The van der Waals surface area contributed by atoms with Gasteiger partial charge in [-0.2, -0.15) is 0 Å². The fourth-order valence-corrected chi connectivity index (χ4v) is 4.00. The van der Waals surface area contributed by atoms with Crippen molar-refractivity contribution in [2.75, 3.05) is 6.26 Å². The van der Waals surface area contributed by atoms with Gasteiger partial charge in [-0.05, 0) is 66.3 Å². The van der Waals surface area contributed by atoms with Crippen LogP contribution in [-0.4, -0.2) is 11.2 Å². The molecule has 1 aromatic heterocycles. The molecule has 0 atom stereocenters. The predicted molar refractivity (Wildman–Crippen MR) is 100 cm³/mol. The Morgan fingerprint density at radius 2 is 1.30 bits per heavy atom. The maximum Gasteiger partial charge on any atom is 0.0494 e. The maximum absolute atomic E-state index is 3.76. The molecule has 3 aromatic rings. The first-order valence-electron chi connectivity index (χ1n) is 8.30. The maximum atomic E-state index is 3.76. The van der Waals surface area contributed by atoms with Crippen LogP contribution in [0, 0.1) is 0 Å². The Hall–Kier alpha value is -1.93. The summed E-state index contributed by atoms with van der Waals surface area (Å²) in [6.45, 7) is 0. The molecule has 1 aliphatic carbocycles. The molecule has 1 aliphatic rings. The molecule has 1 heterocycles. The van der Waals surface area contributed by atoms with E-state index in [1.165, 1.54) is 64.2 Å². The summed E-state index contributed by atoms with van der Waals surface area (Å²) in [7, 11) is 0. The fourth-order valence-electron chi connectivity index (χ4n) is 3.59. The van der Waals surface area contributed by atoms with Crippen molar-refractivity contribution in [1.82, 2.24) is 4.98 Å². The molecule has 23 heavy (non-hydrogen) atoms. The number of benzene rings is 2. The third-order valence-corrected chi connectivity index (χ3v) is 5.51. The van der Waals surface area contributed by atoms with Gasteiger partial charge in [0.2, 0.25) is 0 Å². The van der Waals surface area contributed by atoms with Crippen LogP contribution >= 0.6 is 11.8 Å². The number of H-pyrrole nitrogens is 1. The van der Waals surface area contributed by atoms with Crippen LogP contribution in [0.5, 0.6) is 0 Å². The standard InChI is InChI=1S/C21H21NS/c1-23-17-13-11-16(12-14-17)21-19-10-6-5-9-18(19)20(22-21)15-7-3-2-4-8-15/h2-4,7-8,11-14,22H,5-6,9-10H2,1H3. The van der Waals surface area contributed by atoms with Crippen LogP contribution in [0.1, 0.15) is 24.0 Å². The second kappa shape index (κ2) is 6.29. The summed E-state index contributed by atoms with van der Waals surface area (Å²) in [4.78, 5) is 5.07. The van der Waals surface area contributed by atoms with Crippen molar-refractivity contribution in [2.24, 2.45) is 0 Å². The Morgan fingerprint density at radius 3 is 1.87 bits per heavy atom. The Labute approximate surface area is 142 Å². The monoisotopic (exact) mass is 319 g/mol. The molecule has 0 amide bonds. The van der Waals surface area contributed by atoms with Crippen molar-refractivity contribution >= 4 is 11.8 Å². The summed E-state index contributed by atoms with van der Waals surface area (Å²) in [5.41, 5.74) is 8.33. The zero-order valence-electron chi connectivity index (χ0n) is 13.4. The van der Waals surface area contributed by atoms with E-state index < -0.39 is 0 Å². The summed E-state index contributed by atoms with van der Waals surface area (Å²) >= 11 is 1.79. The highest BCUT2D eigenvalue weighted by atomic mass is 32.2. The van der Waals surface area contributed by atoms with E-state index in [-0.39, 0.29) is 0 Å². The number of aromatic nitrogens is 1. The Bertz CT molecular complexity index is 800. The first-order valence-corrected chi connectivity index (χ1v) is 9.53. The van der Waals surface area contributed by atoms with E-state index in [9.17, 15) is 0 Å². The van der Waals surface area contributed by atoms with Crippen LogP contribution < -0.4 is 0 Å². The van der Waals surface area contributed by atoms with Gasteiger partial charge in [-0.25, -0.2) is 0 Å². The molecule has 0 fully saturated rings. The van der Waals surface area contributed by atoms with Crippen LogP contribution in [0.4, 0.5) is 0 Å². The number of thioether (sulfide) groups is 1. The molecule has 1 nitrogen and oxygen atoms in total. The normalized spacial score (nSPS) is 13.8. The van der Waals surface area contributed by atoms with Gasteiger partial charge in [0.05, 0.1) is 0 Å². The molecular weight excluding hydrogens is 298 g/mol. The van der Waals surface area contributed by atoms with Gasteiger partial charge >= 0.3 is 0 Å². The minimum Gasteiger partial charge on any atom is -0.354 e. The molecule has 116 valence electrons. The van der Waals surface area contributed by atoms with E-state index in [0.29, 0.717) is 0 Å². The predicted octanol–water partition coefficient (Wildman–Crippen LogP) is 5.95. The van der Waals surface area contributed by atoms with Gasteiger partial charge in [0, 0.05) is 16.3 Å². The minimum atomic E-state index is 1.19. The number of hydrogen-bond donors (Lipinski definition) is 1. The number of nitrogens with one attached hydrogen (secondary N) is 1. The lowest BCUT2D eigenvalue weighted by atomic mass is 9.89. The third-order valence-electron chi connectivity index (χ3n) is 4.76. The number of hydrogen-bond acceptors (Lipinski definition) is 1. The lowest BCUT2D eigenvalue weighted by Crippen LogP contribution is -2.01. The highest BCUT2D eigenvalue weighted by molar-refractivity contribution is 7.98. The number of aromatic amines is 1. The molecule has 2 heteroatoms. The molecule has 1 N–H and O–H groups in total. The second-order valence-corrected chi connectivity index (χ2v) is 7.01. The van der Waals surface area contributed by atoms with E-state index in [4.69, 9.17) is 0 Å². The number of fused-ring (bicyclic) bond motifs is 1.